The summed E-state index contributed by atoms with van der Waals surface area (Å²) in [6.45, 7) is 2.08. The first-order valence-electron chi connectivity index (χ1n) is 8.12. The van der Waals surface area contributed by atoms with Gasteiger partial charge in [-0.2, -0.15) is 0 Å². The number of fused-ring (bicyclic) bond motifs is 1. The Labute approximate surface area is 140 Å². The predicted octanol–water partition coefficient (Wildman–Crippen LogP) is 4.34. The Morgan fingerprint density at radius 3 is 2.46 bits per heavy atom. The van der Waals surface area contributed by atoms with Crippen LogP contribution in [-0.2, 0) is 6.42 Å². The highest BCUT2D eigenvalue weighted by molar-refractivity contribution is 6.07. The number of rotatable bonds is 6. The van der Waals surface area contributed by atoms with Gasteiger partial charge in [0, 0.05) is 18.6 Å². The number of hydrogen-bond acceptors (Lipinski definition) is 4. The molecule has 0 spiro atoms. The molecule has 24 heavy (non-hydrogen) atoms. The molecule has 0 fully saturated rings. The van der Waals surface area contributed by atoms with Crippen molar-refractivity contribution in [1.29, 1.82) is 0 Å². The van der Waals surface area contributed by atoms with Crippen molar-refractivity contribution >= 4 is 11.5 Å². The molecule has 0 aliphatic carbocycles. The summed E-state index contributed by atoms with van der Waals surface area (Å²) in [5.74, 6) is 0.630. The molecule has 5 heteroatoms. The van der Waals surface area contributed by atoms with Gasteiger partial charge in [0.05, 0.1) is 10.5 Å². The third-order valence-corrected chi connectivity index (χ3v) is 4.42. The number of para-hydroxylation sites is 1. The SMILES string of the molecule is CCCCC1(Cc2ccc([N+](=O)[O-])cc2)Oc2ccccc2C1=O. The van der Waals surface area contributed by atoms with Gasteiger partial charge in [-0.15, -0.1) is 0 Å². The fraction of sp³-hybridized carbons (Fsp3) is 0.316. The van der Waals surface area contributed by atoms with E-state index in [1.54, 1.807) is 18.2 Å². The number of nitro benzene ring substituents is 1. The number of carbonyl (C=O) groups is 1. The van der Waals surface area contributed by atoms with Crippen LogP contribution >= 0.6 is 0 Å². The maximum atomic E-state index is 13.0. The standard InChI is InChI=1S/C19H19NO4/c1-2-3-12-19(13-14-8-10-15(11-9-14)20(22)23)18(21)16-6-4-5-7-17(16)24-19/h4-11H,2-3,12-13H2,1H3. The zero-order valence-electron chi connectivity index (χ0n) is 13.5. The van der Waals surface area contributed by atoms with Gasteiger partial charge in [-0.05, 0) is 30.5 Å². The molecule has 0 aromatic heterocycles. The number of ether oxygens (including phenoxy) is 1. The molecule has 0 saturated carbocycles. The summed E-state index contributed by atoms with van der Waals surface area (Å²) >= 11 is 0. The van der Waals surface area contributed by atoms with Crippen molar-refractivity contribution in [3.8, 4) is 5.75 Å². The summed E-state index contributed by atoms with van der Waals surface area (Å²) < 4.78 is 6.11. The van der Waals surface area contributed by atoms with E-state index in [2.05, 4.69) is 6.92 Å². The zero-order chi connectivity index (χ0) is 17.2. The average molecular weight is 325 g/mol. The Morgan fingerprint density at radius 1 is 1.12 bits per heavy atom. The van der Waals surface area contributed by atoms with E-state index in [1.807, 2.05) is 18.2 Å². The number of unbranched alkanes of at least 4 members (excludes halogenated alkanes) is 1. The van der Waals surface area contributed by atoms with Crippen molar-refractivity contribution in [3.05, 3.63) is 69.8 Å². The molecule has 1 heterocycles. The molecule has 5 nitrogen and oxygen atoms in total. The van der Waals surface area contributed by atoms with E-state index in [0.717, 1.165) is 18.4 Å². The van der Waals surface area contributed by atoms with Crippen molar-refractivity contribution in [1.82, 2.24) is 0 Å². The highest BCUT2D eigenvalue weighted by atomic mass is 16.6. The third kappa shape index (κ3) is 2.89. The van der Waals surface area contributed by atoms with Crippen LogP contribution in [0, 0.1) is 10.1 Å². The first-order valence-corrected chi connectivity index (χ1v) is 8.12. The second-order valence-electron chi connectivity index (χ2n) is 6.13. The molecular formula is C19H19NO4. The first kappa shape index (κ1) is 16.2. The highest BCUT2D eigenvalue weighted by Gasteiger charge is 2.47. The van der Waals surface area contributed by atoms with E-state index in [-0.39, 0.29) is 11.5 Å². The van der Waals surface area contributed by atoms with Crippen LogP contribution in [0.3, 0.4) is 0 Å². The molecule has 1 atom stereocenters. The summed E-state index contributed by atoms with van der Waals surface area (Å²) in [5, 5.41) is 10.8. The summed E-state index contributed by atoms with van der Waals surface area (Å²) in [5.41, 5.74) is 0.618. The first-order chi connectivity index (χ1) is 11.6. The molecule has 1 aliphatic heterocycles. The van der Waals surface area contributed by atoms with E-state index in [4.69, 9.17) is 4.74 Å². The van der Waals surface area contributed by atoms with Crippen molar-refractivity contribution in [2.75, 3.05) is 0 Å². The van der Waals surface area contributed by atoms with Crippen LogP contribution in [0.25, 0.3) is 0 Å². The lowest BCUT2D eigenvalue weighted by Gasteiger charge is -2.27. The number of non-ortho nitro benzene ring substituents is 1. The second kappa shape index (κ2) is 6.43. The Hall–Kier alpha value is -2.69. The topological polar surface area (TPSA) is 69.4 Å². The van der Waals surface area contributed by atoms with Crippen molar-refractivity contribution in [2.24, 2.45) is 0 Å². The van der Waals surface area contributed by atoms with Gasteiger partial charge in [0.15, 0.2) is 5.60 Å². The van der Waals surface area contributed by atoms with Gasteiger partial charge in [0.1, 0.15) is 5.75 Å². The van der Waals surface area contributed by atoms with Gasteiger partial charge in [-0.3, -0.25) is 14.9 Å². The number of Topliss-reactive ketones (excluding diaryl/α,β-unsaturated/α-hetero) is 1. The minimum atomic E-state index is -0.907. The number of nitro groups is 1. The number of benzene rings is 2. The molecule has 3 rings (SSSR count). The largest absolute Gasteiger partial charge is 0.478 e. The maximum absolute atomic E-state index is 13.0. The lowest BCUT2D eigenvalue weighted by atomic mass is 9.84. The molecule has 1 aliphatic rings. The van der Waals surface area contributed by atoms with Crippen LogP contribution < -0.4 is 4.74 Å². The normalized spacial score (nSPS) is 19.0. The maximum Gasteiger partial charge on any atom is 0.269 e. The molecule has 0 saturated heterocycles. The van der Waals surface area contributed by atoms with Gasteiger partial charge in [-0.1, -0.05) is 37.6 Å². The minimum Gasteiger partial charge on any atom is -0.478 e. The Bertz CT molecular complexity index is 769. The van der Waals surface area contributed by atoms with Crippen LogP contribution in [0.2, 0.25) is 0 Å². The van der Waals surface area contributed by atoms with Gasteiger partial charge < -0.3 is 4.74 Å². The quantitative estimate of drug-likeness (QED) is 0.585. The lowest BCUT2D eigenvalue weighted by Crippen LogP contribution is -2.42. The Morgan fingerprint density at radius 2 is 1.83 bits per heavy atom. The predicted molar refractivity (Wildman–Crippen MR) is 90.5 cm³/mol. The fourth-order valence-electron chi connectivity index (χ4n) is 3.14. The average Bonchev–Trinajstić information content (AvgIpc) is 2.86. The molecule has 0 N–H and O–H groups in total. The molecule has 1 unspecified atom stereocenters. The number of nitrogens with zero attached hydrogens (tertiary/aromatic N) is 1. The van der Waals surface area contributed by atoms with Gasteiger partial charge in [-0.25, -0.2) is 0 Å². The van der Waals surface area contributed by atoms with E-state index < -0.39 is 10.5 Å². The Balaban J connectivity index is 1.90. The monoisotopic (exact) mass is 325 g/mol. The van der Waals surface area contributed by atoms with Gasteiger partial charge in [0.25, 0.3) is 5.69 Å². The molecule has 2 aromatic rings. The second-order valence-corrected chi connectivity index (χ2v) is 6.13. The number of hydrogen-bond donors (Lipinski definition) is 0. The van der Waals surface area contributed by atoms with Crippen LogP contribution in [0.15, 0.2) is 48.5 Å². The van der Waals surface area contributed by atoms with Crippen LogP contribution in [0.1, 0.15) is 42.1 Å². The highest BCUT2D eigenvalue weighted by Crippen LogP contribution is 2.40. The van der Waals surface area contributed by atoms with Crippen LogP contribution in [0.5, 0.6) is 5.75 Å². The van der Waals surface area contributed by atoms with Gasteiger partial charge in [0.2, 0.25) is 5.78 Å². The third-order valence-electron chi connectivity index (χ3n) is 4.42. The van der Waals surface area contributed by atoms with E-state index in [1.165, 1.54) is 12.1 Å². The van der Waals surface area contributed by atoms with E-state index >= 15 is 0 Å². The van der Waals surface area contributed by atoms with E-state index in [0.29, 0.717) is 24.2 Å². The van der Waals surface area contributed by atoms with E-state index in [9.17, 15) is 14.9 Å². The summed E-state index contributed by atoms with van der Waals surface area (Å²) in [6, 6.07) is 13.6. The molecule has 0 amide bonds. The molecule has 0 radical (unpaired) electrons. The van der Waals surface area contributed by atoms with Crippen LogP contribution in [0.4, 0.5) is 5.69 Å². The zero-order valence-corrected chi connectivity index (χ0v) is 13.5. The van der Waals surface area contributed by atoms with Crippen molar-refractivity contribution in [2.45, 2.75) is 38.2 Å². The smallest absolute Gasteiger partial charge is 0.269 e. The molecule has 0 bridgehead atoms. The minimum absolute atomic E-state index is 0.00454. The lowest BCUT2D eigenvalue weighted by molar-refractivity contribution is -0.384. The molecular weight excluding hydrogens is 306 g/mol. The van der Waals surface area contributed by atoms with Gasteiger partial charge >= 0.3 is 0 Å². The Kier molecular flexibility index (Phi) is 4.34. The number of ketones is 1. The summed E-state index contributed by atoms with van der Waals surface area (Å²) in [6.07, 6.45) is 2.90. The van der Waals surface area contributed by atoms with Crippen molar-refractivity contribution < 1.29 is 14.5 Å². The molecule has 124 valence electrons. The number of carbonyl (C=O) groups excluding carboxylic acids is 1. The fourth-order valence-corrected chi connectivity index (χ4v) is 3.14. The summed E-state index contributed by atoms with van der Waals surface area (Å²) in [4.78, 5) is 23.3. The van der Waals surface area contributed by atoms with Crippen molar-refractivity contribution in [3.63, 3.8) is 0 Å². The summed E-state index contributed by atoms with van der Waals surface area (Å²) in [7, 11) is 0. The van der Waals surface area contributed by atoms with Crippen LogP contribution in [-0.4, -0.2) is 16.3 Å². The molecule has 2 aromatic carbocycles.